The molecule has 0 radical (unpaired) electrons. The minimum Gasteiger partial charge on any atom is -0.388 e. The summed E-state index contributed by atoms with van der Waals surface area (Å²) in [5.74, 6) is -2.52. The number of nitrogens with one attached hydrogen (secondary N) is 1. The van der Waals surface area contributed by atoms with Gasteiger partial charge in [0, 0.05) is 17.5 Å². The molecule has 0 unspecified atom stereocenters. The maximum absolute atomic E-state index is 15.0. The summed E-state index contributed by atoms with van der Waals surface area (Å²) in [6, 6.07) is 2.95. The Kier molecular flexibility index (Phi) is 8.23. The first-order valence-electron chi connectivity index (χ1n) is 13.3. The van der Waals surface area contributed by atoms with Crippen molar-refractivity contribution in [2.75, 3.05) is 0 Å². The lowest BCUT2D eigenvalue weighted by Gasteiger charge is -2.38. The number of alkyl halides is 7. The van der Waals surface area contributed by atoms with Gasteiger partial charge in [-0.05, 0) is 81.3 Å². The Morgan fingerprint density at radius 2 is 1.58 bits per heavy atom. The number of benzene rings is 2. The van der Waals surface area contributed by atoms with Gasteiger partial charge in [-0.1, -0.05) is 18.2 Å². The zero-order valence-corrected chi connectivity index (χ0v) is 23.8. The third-order valence-electron chi connectivity index (χ3n) is 8.59. The summed E-state index contributed by atoms with van der Waals surface area (Å²) in [7, 11) is -4.57. The normalized spacial score (nSPS) is 24.1. The van der Waals surface area contributed by atoms with E-state index in [1.807, 2.05) is 0 Å². The molecule has 4 atom stereocenters. The Morgan fingerprint density at radius 1 is 1.00 bits per heavy atom. The van der Waals surface area contributed by atoms with Crippen LogP contribution in [0.2, 0.25) is 0 Å². The fraction of sp³-hybridized carbons (Fsp3) is 0.536. The third-order valence-corrected chi connectivity index (χ3v) is 11.2. The highest BCUT2D eigenvalue weighted by molar-refractivity contribution is 7.92. The number of sulfone groups is 1. The Morgan fingerprint density at radius 3 is 2.12 bits per heavy atom. The minimum atomic E-state index is -6.37. The standard InChI is InChI=1S/C28H30F8N2O4S/c1-24(2,40)22(37)23(39)38-21-12-13-25(43(41,42)18-9-7-17(29)8-10-18)19-11-6-16(14-15(19)4-3-5-20(21)25)26(30,27(31,32)33)28(34,35)36/h6-11,14,20-22,40H,3-5,12-13,37H2,1-2H3,(H,38,39)/t20-,21+,22-,25+/m0/s1. The van der Waals surface area contributed by atoms with Crippen molar-refractivity contribution in [3.63, 3.8) is 0 Å². The molecular formula is C28H30F8N2O4S. The van der Waals surface area contributed by atoms with Crippen molar-refractivity contribution >= 4 is 15.7 Å². The van der Waals surface area contributed by atoms with Gasteiger partial charge in [-0.25, -0.2) is 17.2 Å². The topological polar surface area (TPSA) is 109 Å². The largest absolute Gasteiger partial charge is 0.435 e. The molecule has 2 aliphatic carbocycles. The van der Waals surface area contributed by atoms with Crippen molar-refractivity contribution in [3.8, 4) is 0 Å². The van der Waals surface area contributed by atoms with Gasteiger partial charge < -0.3 is 16.2 Å². The molecule has 238 valence electrons. The maximum atomic E-state index is 15.0. The predicted molar refractivity (Wildman–Crippen MR) is 138 cm³/mol. The summed E-state index contributed by atoms with van der Waals surface area (Å²) < 4.78 is 137. The zero-order chi connectivity index (χ0) is 32.4. The average Bonchev–Trinajstić information content (AvgIpc) is 3.15. The summed E-state index contributed by atoms with van der Waals surface area (Å²) in [6.45, 7) is 2.59. The van der Waals surface area contributed by atoms with Gasteiger partial charge >= 0.3 is 18.0 Å². The molecule has 15 heteroatoms. The van der Waals surface area contributed by atoms with Gasteiger partial charge in [-0.3, -0.25) is 4.79 Å². The number of hydrogen-bond donors (Lipinski definition) is 3. The van der Waals surface area contributed by atoms with Crippen molar-refractivity contribution in [3.05, 3.63) is 65.0 Å². The van der Waals surface area contributed by atoms with Crippen LogP contribution in [0.25, 0.3) is 0 Å². The predicted octanol–water partition coefficient (Wildman–Crippen LogP) is 5.11. The molecule has 0 aliphatic heterocycles. The van der Waals surface area contributed by atoms with Gasteiger partial charge in [-0.2, -0.15) is 26.3 Å². The van der Waals surface area contributed by atoms with Crippen LogP contribution >= 0.6 is 0 Å². The van der Waals surface area contributed by atoms with E-state index in [0.29, 0.717) is 12.1 Å². The molecule has 1 amide bonds. The molecule has 2 aliphatic rings. The zero-order valence-electron chi connectivity index (χ0n) is 23.0. The summed E-state index contributed by atoms with van der Waals surface area (Å²) >= 11 is 0. The quantitative estimate of drug-likeness (QED) is 0.300. The van der Waals surface area contributed by atoms with Crippen molar-refractivity contribution in [2.24, 2.45) is 11.7 Å². The summed E-state index contributed by atoms with van der Waals surface area (Å²) in [4.78, 5) is 12.6. The van der Waals surface area contributed by atoms with Crippen LogP contribution in [0.5, 0.6) is 0 Å². The van der Waals surface area contributed by atoms with E-state index < -0.39 is 73.5 Å². The van der Waals surface area contributed by atoms with E-state index in [2.05, 4.69) is 5.32 Å². The van der Waals surface area contributed by atoms with Gasteiger partial charge in [0.1, 0.15) is 16.6 Å². The van der Waals surface area contributed by atoms with Crippen LogP contribution in [0.4, 0.5) is 35.1 Å². The van der Waals surface area contributed by atoms with Crippen LogP contribution in [0.15, 0.2) is 47.4 Å². The first-order chi connectivity index (χ1) is 19.6. The molecule has 1 saturated carbocycles. The van der Waals surface area contributed by atoms with Gasteiger partial charge in [0.05, 0.1) is 10.5 Å². The van der Waals surface area contributed by atoms with E-state index in [4.69, 9.17) is 5.73 Å². The number of fused-ring (bicyclic) bond motifs is 3. The Balaban J connectivity index is 1.93. The van der Waals surface area contributed by atoms with Crippen LogP contribution in [-0.4, -0.2) is 49.5 Å². The Hall–Kier alpha value is -2.78. The molecule has 0 saturated heterocycles. The van der Waals surface area contributed by atoms with E-state index in [0.717, 1.165) is 30.3 Å². The van der Waals surface area contributed by atoms with Gasteiger partial charge in [-0.15, -0.1) is 0 Å². The molecule has 6 nitrogen and oxygen atoms in total. The highest BCUT2D eigenvalue weighted by Gasteiger charge is 2.73. The van der Waals surface area contributed by atoms with Crippen LogP contribution < -0.4 is 11.1 Å². The molecule has 0 aromatic heterocycles. The van der Waals surface area contributed by atoms with Gasteiger partial charge in [0.15, 0.2) is 9.84 Å². The molecule has 4 rings (SSSR count). The van der Waals surface area contributed by atoms with Crippen LogP contribution in [0, 0.1) is 11.7 Å². The van der Waals surface area contributed by atoms with Gasteiger partial charge in [0.25, 0.3) is 0 Å². The van der Waals surface area contributed by atoms with Crippen molar-refractivity contribution < 1.29 is 53.4 Å². The summed E-state index contributed by atoms with van der Waals surface area (Å²) in [5, 5.41) is 12.9. The number of halogens is 8. The summed E-state index contributed by atoms with van der Waals surface area (Å²) in [6.07, 6.45) is -13.0. The van der Waals surface area contributed by atoms with E-state index in [1.165, 1.54) is 13.8 Å². The number of amides is 1. The second-order valence-electron chi connectivity index (χ2n) is 11.7. The molecule has 0 bridgehead atoms. The lowest BCUT2D eigenvalue weighted by Crippen LogP contribution is -2.57. The second-order valence-corrected chi connectivity index (χ2v) is 13.9. The molecule has 1 fully saturated rings. The van der Waals surface area contributed by atoms with Crippen LogP contribution in [0.1, 0.15) is 56.2 Å². The second kappa shape index (κ2) is 10.7. The molecule has 43 heavy (non-hydrogen) atoms. The number of carbonyl (C=O) groups is 1. The first-order valence-corrected chi connectivity index (χ1v) is 14.8. The fourth-order valence-corrected chi connectivity index (χ4v) is 8.82. The summed E-state index contributed by atoms with van der Waals surface area (Å²) in [5.41, 5.74) is -3.59. The van der Waals surface area contributed by atoms with Crippen molar-refractivity contribution in [2.45, 2.75) is 91.3 Å². The number of aliphatic hydroxyl groups is 1. The van der Waals surface area contributed by atoms with E-state index in [9.17, 15) is 49.1 Å². The SMILES string of the molecule is CC(C)(O)[C@@H](N)C(=O)N[C@@H]1CC[C@@]2(S(=O)(=O)c3ccc(F)cc3)c3ccc(C(F)(C(F)(F)F)C(F)(F)F)cc3CCC[C@@H]12. The van der Waals surface area contributed by atoms with E-state index >= 15 is 4.39 Å². The number of rotatable bonds is 6. The maximum Gasteiger partial charge on any atom is 0.435 e. The van der Waals surface area contributed by atoms with Crippen LogP contribution in [-0.2, 0) is 31.5 Å². The average molecular weight is 643 g/mol. The highest BCUT2D eigenvalue weighted by atomic mass is 32.2. The Bertz CT molecular complexity index is 1470. The van der Waals surface area contributed by atoms with Crippen LogP contribution in [0.3, 0.4) is 0 Å². The lowest BCUT2D eigenvalue weighted by molar-refractivity contribution is -0.348. The minimum absolute atomic E-state index is 0.00868. The van der Waals surface area contributed by atoms with E-state index in [1.54, 1.807) is 0 Å². The number of carbonyl (C=O) groups excluding carboxylic acids is 1. The number of hydrogen-bond acceptors (Lipinski definition) is 5. The lowest BCUT2D eigenvalue weighted by atomic mass is 9.82. The highest BCUT2D eigenvalue weighted by Crippen LogP contribution is 2.58. The molecule has 0 heterocycles. The van der Waals surface area contributed by atoms with Gasteiger partial charge in [0.2, 0.25) is 5.91 Å². The molecule has 0 spiro atoms. The smallest absolute Gasteiger partial charge is 0.388 e. The van der Waals surface area contributed by atoms with Crippen molar-refractivity contribution in [1.82, 2.24) is 5.32 Å². The monoisotopic (exact) mass is 642 g/mol. The Labute approximate surface area is 242 Å². The molecule has 2 aromatic rings. The number of nitrogens with two attached hydrogens (primary N) is 1. The molecule has 4 N–H and O–H groups in total. The van der Waals surface area contributed by atoms with E-state index in [-0.39, 0.29) is 48.1 Å². The molecular weight excluding hydrogens is 612 g/mol. The first kappa shape index (κ1) is 33.1. The number of aryl methyl sites for hydroxylation is 1. The van der Waals surface area contributed by atoms with Crippen molar-refractivity contribution in [1.29, 1.82) is 0 Å². The molecule has 2 aromatic carbocycles. The fourth-order valence-electron chi connectivity index (χ4n) is 6.35. The third kappa shape index (κ3) is 5.30.